The summed E-state index contributed by atoms with van der Waals surface area (Å²) in [7, 11) is 1.52. The maximum absolute atomic E-state index is 13.1. The Balaban J connectivity index is 1.60. The van der Waals surface area contributed by atoms with Crippen molar-refractivity contribution in [2.24, 2.45) is 0 Å². The Morgan fingerprint density at radius 2 is 1.49 bits per heavy atom. The molecule has 3 amide bonds. The largest absolute Gasteiger partial charge is 0.497 e. The van der Waals surface area contributed by atoms with E-state index >= 15 is 0 Å². The molecule has 0 aliphatic heterocycles. The number of halogens is 3. The summed E-state index contributed by atoms with van der Waals surface area (Å²) < 4.78 is 6.29. The van der Waals surface area contributed by atoms with Crippen LogP contribution in [0.25, 0.3) is 10.9 Å². The van der Waals surface area contributed by atoms with Crippen molar-refractivity contribution < 1.29 is 19.1 Å². The van der Waals surface area contributed by atoms with Crippen LogP contribution in [0.5, 0.6) is 5.75 Å². The highest BCUT2D eigenvalue weighted by Gasteiger charge is 2.21. The highest BCUT2D eigenvalue weighted by Crippen LogP contribution is 2.27. The van der Waals surface area contributed by atoms with Crippen LogP contribution in [0.15, 0.2) is 66.7 Å². The highest BCUT2D eigenvalue weighted by molar-refractivity contribution is 6.43. The van der Waals surface area contributed by atoms with Gasteiger partial charge in [-0.3, -0.25) is 19.8 Å². The van der Waals surface area contributed by atoms with Crippen molar-refractivity contribution in [3.63, 3.8) is 0 Å². The average Bonchev–Trinajstić information content (AvgIpc) is 3.19. The van der Waals surface area contributed by atoms with Gasteiger partial charge >= 0.3 is 11.8 Å². The Bertz CT molecular complexity index is 1450. The summed E-state index contributed by atoms with van der Waals surface area (Å²) in [5, 5.41) is 6.81. The minimum absolute atomic E-state index is 0.0546. The molecular formula is C24H17Cl3N4O4. The lowest BCUT2D eigenvalue weighted by atomic mass is 10.2. The molecule has 0 saturated carbocycles. The number of anilines is 2. The molecule has 0 saturated heterocycles. The third-order valence-electron chi connectivity index (χ3n) is 4.94. The number of rotatable bonds is 5. The number of carbonyl (C=O) groups is 3. The Morgan fingerprint density at radius 1 is 0.771 bits per heavy atom. The first-order chi connectivity index (χ1) is 16.7. The minimum Gasteiger partial charge on any atom is -0.497 e. The topological polar surface area (TPSA) is 101 Å². The standard InChI is InChI=1S/C24H17Cl3N4O4/c1-35-17-6-3-15(4-7-17)28-23(33)24(34)30-31-20-9-2-14(25)10-13(20)11-21(31)22(32)29-16-5-8-18(26)19(27)12-16/h2-12H,1H3,(H,28,33)(H,29,32)(H,30,34). The number of aromatic nitrogens is 1. The fourth-order valence-electron chi connectivity index (χ4n) is 3.26. The van der Waals surface area contributed by atoms with E-state index in [0.29, 0.717) is 38.1 Å². The van der Waals surface area contributed by atoms with Gasteiger partial charge in [0.05, 0.1) is 22.7 Å². The van der Waals surface area contributed by atoms with Crippen LogP contribution in [0.2, 0.25) is 15.1 Å². The SMILES string of the molecule is COc1ccc(NC(=O)C(=O)Nn2c(C(=O)Nc3ccc(Cl)c(Cl)c3)cc3cc(Cl)ccc32)cc1. The quantitative estimate of drug-likeness (QED) is 0.293. The molecule has 4 aromatic rings. The molecule has 0 unspecified atom stereocenters. The number of nitrogens with zero attached hydrogens (tertiary/aromatic N) is 1. The molecule has 4 rings (SSSR count). The van der Waals surface area contributed by atoms with Gasteiger partial charge in [0.2, 0.25) is 0 Å². The van der Waals surface area contributed by atoms with Gasteiger partial charge in [-0.05, 0) is 66.7 Å². The van der Waals surface area contributed by atoms with Crippen LogP contribution >= 0.6 is 34.8 Å². The van der Waals surface area contributed by atoms with Crippen LogP contribution in [0.1, 0.15) is 10.5 Å². The molecule has 0 spiro atoms. The van der Waals surface area contributed by atoms with Crippen LogP contribution in [0.3, 0.4) is 0 Å². The van der Waals surface area contributed by atoms with Gasteiger partial charge in [0.25, 0.3) is 5.91 Å². The van der Waals surface area contributed by atoms with Crippen molar-refractivity contribution >= 4 is 74.8 Å². The molecule has 11 heteroatoms. The predicted octanol–water partition coefficient (Wildman–Crippen LogP) is 5.57. The average molecular weight is 532 g/mol. The van der Waals surface area contributed by atoms with Crippen LogP contribution in [-0.4, -0.2) is 29.5 Å². The summed E-state index contributed by atoms with van der Waals surface area (Å²) in [4.78, 5) is 38.3. The zero-order chi connectivity index (χ0) is 25.1. The van der Waals surface area contributed by atoms with Crippen molar-refractivity contribution in [2.45, 2.75) is 0 Å². The second kappa shape index (κ2) is 10.3. The molecule has 8 nitrogen and oxygen atoms in total. The van der Waals surface area contributed by atoms with Gasteiger partial charge in [-0.2, -0.15) is 0 Å². The number of methoxy groups -OCH3 is 1. The minimum atomic E-state index is -0.989. The first kappa shape index (κ1) is 24.4. The lowest BCUT2D eigenvalue weighted by Crippen LogP contribution is -2.36. The van der Waals surface area contributed by atoms with E-state index in [1.807, 2.05) is 0 Å². The van der Waals surface area contributed by atoms with Crippen molar-refractivity contribution in [3.05, 3.63) is 87.5 Å². The number of benzene rings is 3. The Hall–Kier alpha value is -3.72. The second-order valence-corrected chi connectivity index (χ2v) is 8.53. The molecule has 0 atom stereocenters. The number of amides is 3. The molecule has 1 aromatic heterocycles. The van der Waals surface area contributed by atoms with Crippen LogP contribution < -0.4 is 20.8 Å². The Kier molecular flexibility index (Phi) is 7.16. The smallest absolute Gasteiger partial charge is 0.328 e. The van der Waals surface area contributed by atoms with Crippen molar-refractivity contribution in [1.82, 2.24) is 4.68 Å². The lowest BCUT2D eigenvalue weighted by Gasteiger charge is -2.13. The van der Waals surface area contributed by atoms with Gasteiger partial charge in [0, 0.05) is 21.8 Å². The summed E-state index contributed by atoms with van der Waals surface area (Å²) in [5.74, 6) is -1.88. The van der Waals surface area contributed by atoms with E-state index in [2.05, 4.69) is 16.1 Å². The lowest BCUT2D eigenvalue weighted by molar-refractivity contribution is -0.133. The molecule has 0 aliphatic carbocycles. The Morgan fingerprint density at radius 3 is 2.17 bits per heavy atom. The number of hydrogen-bond acceptors (Lipinski definition) is 4. The predicted molar refractivity (Wildman–Crippen MR) is 137 cm³/mol. The third kappa shape index (κ3) is 5.51. The van der Waals surface area contributed by atoms with Gasteiger partial charge in [-0.1, -0.05) is 34.8 Å². The number of fused-ring (bicyclic) bond motifs is 1. The summed E-state index contributed by atoms with van der Waals surface area (Å²) in [5.41, 5.74) is 3.77. The van der Waals surface area contributed by atoms with Gasteiger partial charge in [0.1, 0.15) is 11.4 Å². The van der Waals surface area contributed by atoms with E-state index in [1.54, 1.807) is 54.6 Å². The molecule has 1 heterocycles. The van der Waals surface area contributed by atoms with Crippen molar-refractivity contribution in [3.8, 4) is 5.75 Å². The molecule has 0 fully saturated rings. The summed E-state index contributed by atoms with van der Waals surface area (Å²) in [6.45, 7) is 0. The van der Waals surface area contributed by atoms with Crippen molar-refractivity contribution in [2.75, 3.05) is 23.2 Å². The fraction of sp³-hybridized carbons (Fsp3) is 0.0417. The molecular weight excluding hydrogens is 515 g/mol. The van der Waals surface area contributed by atoms with Crippen LogP contribution in [-0.2, 0) is 9.59 Å². The monoisotopic (exact) mass is 530 g/mol. The third-order valence-corrected chi connectivity index (χ3v) is 5.92. The fourth-order valence-corrected chi connectivity index (χ4v) is 3.74. The first-order valence-electron chi connectivity index (χ1n) is 10.1. The number of hydrogen-bond donors (Lipinski definition) is 3. The van der Waals surface area contributed by atoms with E-state index in [1.165, 1.54) is 23.9 Å². The van der Waals surface area contributed by atoms with E-state index in [-0.39, 0.29) is 10.7 Å². The molecule has 35 heavy (non-hydrogen) atoms. The Labute approximate surface area is 214 Å². The number of carbonyl (C=O) groups excluding carboxylic acids is 3. The highest BCUT2D eigenvalue weighted by atomic mass is 35.5. The van der Waals surface area contributed by atoms with Crippen molar-refractivity contribution in [1.29, 1.82) is 0 Å². The van der Waals surface area contributed by atoms with Crippen LogP contribution in [0.4, 0.5) is 11.4 Å². The maximum Gasteiger partial charge on any atom is 0.328 e. The van der Waals surface area contributed by atoms with Gasteiger partial charge in [-0.25, -0.2) is 4.68 Å². The van der Waals surface area contributed by atoms with E-state index in [4.69, 9.17) is 39.5 Å². The molecule has 0 bridgehead atoms. The molecule has 178 valence electrons. The van der Waals surface area contributed by atoms with Gasteiger partial charge < -0.3 is 15.4 Å². The van der Waals surface area contributed by atoms with E-state index in [9.17, 15) is 14.4 Å². The first-order valence-corrected chi connectivity index (χ1v) is 11.2. The molecule has 3 aromatic carbocycles. The maximum atomic E-state index is 13.1. The molecule has 0 radical (unpaired) electrons. The normalized spacial score (nSPS) is 10.6. The summed E-state index contributed by atoms with van der Waals surface area (Å²) in [6, 6.07) is 17.5. The number of ether oxygens (including phenoxy) is 1. The number of nitrogens with one attached hydrogen (secondary N) is 3. The zero-order valence-electron chi connectivity index (χ0n) is 18.1. The molecule has 0 aliphatic rings. The van der Waals surface area contributed by atoms with Gasteiger partial charge in [0.15, 0.2) is 0 Å². The van der Waals surface area contributed by atoms with Gasteiger partial charge in [-0.15, -0.1) is 0 Å². The van der Waals surface area contributed by atoms with Crippen LogP contribution in [0, 0.1) is 0 Å². The summed E-state index contributed by atoms with van der Waals surface area (Å²) >= 11 is 18.1. The molecule has 3 N–H and O–H groups in total. The second-order valence-electron chi connectivity index (χ2n) is 7.27. The van der Waals surface area contributed by atoms with E-state index in [0.717, 1.165) is 0 Å². The zero-order valence-corrected chi connectivity index (χ0v) is 20.3. The van der Waals surface area contributed by atoms with E-state index < -0.39 is 17.7 Å². The summed E-state index contributed by atoms with van der Waals surface area (Å²) in [6.07, 6.45) is 0.